The zero-order chi connectivity index (χ0) is 9.84. The minimum absolute atomic E-state index is 0.318. The Labute approximate surface area is 84.1 Å². The van der Waals surface area contributed by atoms with Gasteiger partial charge in [-0.15, -0.1) is 11.3 Å². The highest BCUT2D eigenvalue weighted by Gasteiger charge is 2.12. The van der Waals surface area contributed by atoms with Crippen LogP contribution in [0.25, 0.3) is 0 Å². The fourth-order valence-corrected chi connectivity index (χ4v) is 2.33. The number of hydrogen-bond acceptors (Lipinski definition) is 3. The van der Waals surface area contributed by atoms with Crippen LogP contribution in [0.2, 0.25) is 0 Å². The fourth-order valence-electron chi connectivity index (χ4n) is 1.38. The van der Waals surface area contributed by atoms with Gasteiger partial charge in [0.25, 0.3) is 0 Å². The topological polar surface area (TPSA) is 38.0 Å². The normalized spacial score (nSPS) is 13.6. The molecule has 1 aromatic heterocycles. The maximum atomic E-state index is 5.52. The molecular formula is C10H18N2S. The second-order valence-electron chi connectivity index (χ2n) is 3.80. The maximum absolute atomic E-state index is 5.52. The SMILES string of the molecule is Cc1ccc(C(CC(C)C)NN)s1. The first kappa shape index (κ1) is 10.7. The Balaban J connectivity index is 2.66. The van der Waals surface area contributed by atoms with E-state index in [0.717, 1.165) is 6.42 Å². The van der Waals surface area contributed by atoms with Gasteiger partial charge in [-0.1, -0.05) is 13.8 Å². The van der Waals surface area contributed by atoms with E-state index in [9.17, 15) is 0 Å². The van der Waals surface area contributed by atoms with E-state index in [1.54, 1.807) is 0 Å². The van der Waals surface area contributed by atoms with E-state index in [0.29, 0.717) is 12.0 Å². The Morgan fingerprint density at radius 3 is 2.54 bits per heavy atom. The highest BCUT2D eigenvalue weighted by atomic mass is 32.1. The van der Waals surface area contributed by atoms with E-state index in [4.69, 9.17) is 5.84 Å². The quantitative estimate of drug-likeness (QED) is 0.576. The predicted octanol–water partition coefficient (Wildman–Crippen LogP) is 2.61. The highest BCUT2D eigenvalue weighted by molar-refractivity contribution is 7.12. The molecule has 13 heavy (non-hydrogen) atoms. The van der Waals surface area contributed by atoms with Crippen molar-refractivity contribution >= 4 is 11.3 Å². The zero-order valence-electron chi connectivity index (χ0n) is 8.50. The minimum Gasteiger partial charge on any atom is -0.271 e. The van der Waals surface area contributed by atoms with Gasteiger partial charge in [0.15, 0.2) is 0 Å². The average Bonchev–Trinajstić information content (AvgIpc) is 2.47. The smallest absolute Gasteiger partial charge is 0.0555 e. The van der Waals surface area contributed by atoms with Gasteiger partial charge in [-0.05, 0) is 31.4 Å². The van der Waals surface area contributed by atoms with Crippen molar-refractivity contribution in [3.05, 3.63) is 21.9 Å². The number of nitrogens with two attached hydrogens (primary N) is 1. The summed E-state index contributed by atoms with van der Waals surface area (Å²) in [5, 5.41) is 0. The molecule has 2 nitrogen and oxygen atoms in total. The molecule has 0 amide bonds. The Morgan fingerprint density at radius 2 is 2.15 bits per heavy atom. The van der Waals surface area contributed by atoms with Crippen LogP contribution >= 0.6 is 11.3 Å². The van der Waals surface area contributed by atoms with Crippen molar-refractivity contribution in [1.82, 2.24) is 5.43 Å². The Morgan fingerprint density at radius 1 is 1.46 bits per heavy atom. The van der Waals surface area contributed by atoms with Crippen molar-refractivity contribution in [3.8, 4) is 0 Å². The first-order valence-electron chi connectivity index (χ1n) is 4.66. The van der Waals surface area contributed by atoms with Crippen molar-refractivity contribution in [2.24, 2.45) is 11.8 Å². The number of thiophene rings is 1. The van der Waals surface area contributed by atoms with Gasteiger partial charge < -0.3 is 0 Å². The monoisotopic (exact) mass is 198 g/mol. The van der Waals surface area contributed by atoms with Crippen molar-refractivity contribution in [1.29, 1.82) is 0 Å². The van der Waals surface area contributed by atoms with Gasteiger partial charge in [0, 0.05) is 9.75 Å². The van der Waals surface area contributed by atoms with Gasteiger partial charge >= 0.3 is 0 Å². The molecule has 74 valence electrons. The second kappa shape index (κ2) is 4.74. The first-order chi connectivity index (χ1) is 6.13. The Bertz CT molecular complexity index is 255. The maximum Gasteiger partial charge on any atom is 0.0555 e. The van der Waals surface area contributed by atoms with Crippen LogP contribution in [0.5, 0.6) is 0 Å². The number of aryl methyl sites for hydroxylation is 1. The minimum atomic E-state index is 0.318. The van der Waals surface area contributed by atoms with Crippen LogP contribution in [0.3, 0.4) is 0 Å². The molecule has 3 heteroatoms. The van der Waals surface area contributed by atoms with Crippen LogP contribution in [0.15, 0.2) is 12.1 Å². The summed E-state index contributed by atoms with van der Waals surface area (Å²) in [6, 6.07) is 4.62. The number of hydrazine groups is 1. The molecule has 1 atom stereocenters. The summed E-state index contributed by atoms with van der Waals surface area (Å²) in [5.74, 6) is 6.19. The van der Waals surface area contributed by atoms with Crippen molar-refractivity contribution in [2.45, 2.75) is 33.2 Å². The molecule has 1 heterocycles. The molecule has 1 unspecified atom stereocenters. The first-order valence-corrected chi connectivity index (χ1v) is 5.47. The summed E-state index contributed by atoms with van der Waals surface area (Å²) in [7, 11) is 0. The van der Waals surface area contributed by atoms with Gasteiger partial charge in [-0.2, -0.15) is 0 Å². The summed E-state index contributed by atoms with van der Waals surface area (Å²) in [6.07, 6.45) is 1.09. The molecule has 0 fully saturated rings. The molecule has 0 spiro atoms. The van der Waals surface area contributed by atoms with Gasteiger partial charge in [-0.3, -0.25) is 11.3 Å². The van der Waals surface area contributed by atoms with E-state index in [1.165, 1.54) is 9.75 Å². The van der Waals surface area contributed by atoms with E-state index in [1.807, 2.05) is 11.3 Å². The van der Waals surface area contributed by atoms with Gasteiger partial charge in [0.1, 0.15) is 0 Å². The number of nitrogens with one attached hydrogen (secondary N) is 1. The van der Waals surface area contributed by atoms with Crippen LogP contribution in [0.1, 0.15) is 36.1 Å². The molecule has 0 saturated heterocycles. The van der Waals surface area contributed by atoms with E-state index in [2.05, 4.69) is 38.3 Å². The molecule has 0 aliphatic rings. The highest BCUT2D eigenvalue weighted by Crippen LogP contribution is 2.26. The molecule has 0 aromatic carbocycles. The lowest BCUT2D eigenvalue weighted by molar-refractivity contribution is 0.443. The van der Waals surface area contributed by atoms with Gasteiger partial charge in [0.2, 0.25) is 0 Å². The van der Waals surface area contributed by atoms with Crippen molar-refractivity contribution in [2.75, 3.05) is 0 Å². The molecule has 1 rings (SSSR count). The van der Waals surface area contributed by atoms with Crippen LogP contribution < -0.4 is 11.3 Å². The average molecular weight is 198 g/mol. The summed E-state index contributed by atoms with van der Waals surface area (Å²) >= 11 is 1.82. The fraction of sp³-hybridized carbons (Fsp3) is 0.600. The van der Waals surface area contributed by atoms with E-state index >= 15 is 0 Å². The zero-order valence-corrected chi connectivity index (χ0v) is 9.32. The molecule has 0 radical (unpaired) electrons. The van der Waals surface area contributed by atoms with Gasteiger partial charge in [0.05, 0.1) is 6.04 Å². The van der Waals surface area contributed by atoms with Crippen LogP contribution in [0.4, 0.5) is 0 Å². The van der Waals surface area contributed by atoms with E-state index < -0.39 is 0 Å². The largest absolute Gasteiger partial charge is 0.271 e. The molecule has 0 saturated carbocycles. The Hall–Kier alpha value is -0.380. The lowest BCUT2D eigenvalue weighted by atomic mass is 10.0. The molecule has 0 aliphatic carbocycles. The summed E-state index contributed by atoms with van der Waals surface area (Å²) in [5.41, 5.74) is 2.87. The van der Waals surface area contributed by atoms with Crippen molar-refractivity contribution < 1.29 is 0 Å². The lowest BCUT2D eigenvalue weighted by Crippen LogP contribution is -2.28. The van der Waals surface area contributed by atoms with Gasteiger partial charge in [-0.25, -0.2) is 0 Å². The van der Waals surface area contributed by atoms with Crippen molar-refractivity contribution in [3.63, 3.8) is 0 Å². The third-order valence-corrected chi connectivity index (χ3v) is 3.13. The second-order valence-corrected chi connectivity index (χ2v) is 5.12. The summed E-state index contributed by atoms with van der Waals surface area (Å²) < 4.78 is 0. The molecule has 1 aromatic rings. The van der Waals surface area contributed by atoms with Crippen LogP contribution in [-0.2, 0) is 0 Å². The molecule has 3 N–H and O–H groups in total. The Kier molecular flexibility index (Phi) is 3.90. The molecule has 0 bridgehead atoms. The number of rotatable bonds is 4. The van der Waals surface area contributed by atoms with Crippen LogP contribution in [0, 0.1) is 12.8 Å². The molecule has 0 aliphatic heterocycles. The van der Waals surface area contributed by atoms with Crippen LogP contribution in [-0.4, -0.2) is 0 Å². The number of hydrogen-bond donors (Lipinski definition) is 2. The predicted molar refractivity (Wildman–Crippen MR) is 58.6 cm³/mol. The summed E-state index contributed by atoms with van der Waals surface area (Å²) in [6.45, 7) is 6.55. The van der Waals surface area contributed by atoms with E-state index in [-0.39, 0.29) is 0 Å². The summed E-state index contributed by atoms with van der Waals surface area (Å²) in [4.78, 5) is 2.69. The standard InChI is InChI=1S/C10H18N2S/c1-7(2)6-9(12-11)10-5-4-8(3)13-10/h4-5,7,9,12H,6,11H2,1-3H3. The molecular weight excluding hydrogens is 180 g/mol. The third kappa shape index (κ3) is 3.10. The third-order valence-electron chi connectivity index (χ3n) is 2.01. The lowest BCUT2D eigenvalue weighted by Gasteiger charge is -2.16.